The lowest BCUT2D eigenvalue weighted by atomic mass is 10.4. The molecule has 0 spiro atoms. The summed E-state index contributed by atoms with van der Waals surface area (Å²) < 4.78 is 0.176. The highest BCUT2D eigenvalue weighted by Crippen LogP contribution is 2.09. The molecule has 0 bridgehead atoms. The second-order valence-corrected chi connectivity index (χ2v) is 3.62. The molecular formula is C7H14INO. The third kappa shape index (κ3) is 3.53. The lowest BCUT2D eigenvalue weighted by Gasteiger charge is -2.23. The average molecular weight is 255 g/mol. The predicted molar refractivity (Wildman–Crippen MR) is 52.3 cm³/mol. The summed E-state index contributed by atoms with van der Waals surface area (Å²) in [7, 11) is 1.96. The molecule has 0 aromatic rings. The fraction of sp³-hybridized carbons (Fsp3) is 0.714. The van der Waals surface area contributed by atoms with Gasteiger partial charge in [-0.2, -0.15) is 0 Å². The van der Waals surface area contributed by atoms with Crippen LogP contribution in [-0.4, -0.2) is 33.8 Å². The molecule has 60 valence electrons. The van der Waals surface area contributed by atoms with Crippen molar-refractivity contribution in [2.45, 2.75) is 17.1 Å². The van der Waals surface area contributed by atoms with Gasteiger partial charge >= 0.3 is 0 Å². The Bertz CT molecular complexity index is 106. The molecule has 10 heavy (non-hydrogen) atoms. The van der Waals surface area contributed by atoms with Crippen molar-refractivity contribution in [3.05, 3.63) is 12.7 Å². The fourth-order valence-electron chi connectivity index (χ4n) is 0.673. The van der Waals surface area contributed by atoms with E-state index in [1.165, 1.54) is 0 Å². The number of alkyl halides is 1. The third-order valence-electron chi connectivity index (χ3n) is 1.24. The summed E-state index contributed by atoms with van der Waals surface area (Å²) in [5.74, 6) is 0. The first-order valence-electron chi connectivity index (χ1n) is 3.23. The Kier molecular flexibility index (Phi) is 5.29. The van der Waals surface area contributed by atoms with Gasteiger partial charge in [0.05, 0.1) is 10.2 Å². The van der Waals surface area contributed by atoms with Crippen LogP contribution in [0.2, 0.25) is 0 Å². The molecule has 0 aromatic carbocycles. The molecular weight excluding hydrogens is 241 g/mol. The molecule has 0 aliphatic rings. The Balaban J connectivity index is 3.68. The summed E-state index contributed by atoms with van der Waals surface area (Å²) in [6.07, 6.45) is 1.54. The number of aliphatic hydroxyl groups is 1. The van der Waals surface area contributed by atoms with Crippen molar-refractivity contribution in [2.75, 3.05) is 13.6 Å². The van der Waals surface area contributed by atoms with E-state index in [-0.39, 0.29) is 10.2 Å². The molecule has 1 N–H and O–H groups in total. The van der Waals surface area contributed by atoms with Gasteiger partial charge in [-0.25, -0.2) is 0 Å². The van der Waals surface area contributed by atoms with Crippen molar-refractivity contribution >= 4 is 22.6 Å². The van der Waals surface area contributed by atoms with Gasteiger partial charge in [-0.1, -0.05) is 28.7 Å². The summed E-state index contributed by atoms with van der Waals surface area (Å²) in [5, 5.41) is 9.13. The van der Waals surface area contributed by atoms with E-state index in [9.17, 15) is 0 Å². The van der Waals surface area contributed by atoms with E-state index in [4.69, 9.17) is 5.11 Å². The minimum absolute atomic E-state index is 0.176. The minimum atomic E-state index is -0.287. The molecule has 0 amide bonds. The first-order chi connectivity index (χ1) is 4.59. The highest BCUT2D eigenvalue weighted by atomic mass is 127. The van der Waals surface area contributed by atoms with Gasteiger partial charge in [-0.15, -0.1) is 6.58 Å². The molecule has 0 saturated heterocycles. The van der Waals surface area contributed by atoms with Gasteiger partial charge in [-0.05, 0) is 14.0 Å². The van der Waals surface area contributed by atoms with Crippen LogP contribution in [0.25, 0.3) is 0 Å². The predicted octanol–water partition coefficient (Wildman–Crippen LogP) is 1.25. The summed E-state index contributed by atoms with van der Waals surface area (Å²) in [6, 6.07) is 0. The van der Waals surface area contributed by atoms with E-state index in [1.54, 1.807) is 6.92 Å². The van der Waals surface area contributed by atoms with Gasteiger partial charge in [0.15, 0.2) is 0 Å². The topological polar surface area (TPSA) is 23.5 Å². The van der Waals surface area contributed by atoms with Gasteiger partial charge in [0.2, 0.25) is 0 Å². The van der Waals surface area contributed by atoms with Gasteiger partial charge in [0.1, 0.15) is 0 Å². The van der Waals surface area contributed by atoms with Gasteiger partial charge < -0.3 is 5.11 Å². The lowest BCUT2D eigenvalue weighted by Crippen LogP contribution is -2.34. The van der Waals surface area contributed by atoms with Crippen LogP contribution in [0.15, 0.2) is 12.7 Å². The van der Waals surface area contributed by atoms with E-state index < -0.39 is 0 Å². The second kappa shape index (κ2) is 5.09. The highest BCUT2D eigenvalue weighted by Gasteiger charge is 2.14. The first-order valence-corrected chi connectivity index (χ1v) is 4.47. The van der Waals surface area contributed by atoms with E-state index in [1.807, 2.05) is 18.0 Å². The molecule has 0 aliphatic carbocycles. The normalized spacial score (nSPS) is 16.9. The smallest absolute Gasteiger partial charge is 0.0879 e. The minimum Gasteiger partial charge on any atom is -0.391 e. The second-order valence-electron chi connectivity index (χ2n) is 2.34. The molecule has 1 unspecified atom stereocenters. The van der Waals surface area contributed by atoms with Crippen molar-refractivity contribution in [3.63, 3.8) is 0 Å². The molecule has 0 saturated carbocycles. The number of nitrogens with zero attached hydrogens (tertiary/aromatic N) is 1. The highest BCUT2D eigenvalue weighted by molar-refractivity contribution is 14.1. The SMILES string of the molecule is C=CCN(C)C(I)[C@@H](C)O. The number of hydrogen-bond donors (Lipinski definition) is 1. The van der Waals surface area contributed by atoms with Crippen LogP contribution in [-0.2, 0) is 0 Å². The number of rotatable bonds is 4. The Morgan fingerprint density at radius 1 is 1.80 bits per heavy atom. The molecule has 0 rings (SSSR count). The van der Waals surface area contributed by atoms with Crippen LogP contribution in [0.3, 0.4) is 0 Å². The van der Waals surface area contributed by atoms with Gasteiger partial charge in [-0.3, -0.25) is 4.90 Å². The number of halogens is 1. The van der Waals surface area contributed by atoms with Crippen molar-refractivity contribution < 1.29 is 5.11 Å². The van der Waals surface area contributed by atoms with Gasteiger partial charge in [0, 0.05) is 6.54 Å². The molecule has 0 radical (unpaired) electrons. The number of likely N-dealkylation sites (N-methyl/N-ethyl adjacent to an activating group) is 1. The Morgan fingerprint density at radius 2 is 2.30 bits per heavy atom. The largest absolute Gasteiger partial charge is 0.391 e. The molecule has 2 atom stereocenters. The van der Waals surface area contributed by atoms with Crippen LogP contribution in [0.1, 0.15) is 6.92 Å². The Morgan fingerprint density at radius 3 is 2.60 bits per heavy atom. The fourth-order valence-corrected chi connectivity index (χ4v) is 0.900. The van der Waals surface area contributed by atoms with E-state index >= 15 is 0 Å². The molecule has 0 heterocycles. The first kappa shape index (κ1) is 10.4. The van der Waals surface area contributed by atoms with Crippen LogP contribution < -0.4 is 0 Å². The zero-order valence-corrected chi connectivity index (χ0v) is 8.58. The number of aliphatic hydroxyl groups excluding tert-OH is 1. The maximum Gasteiger partial charge on any atom is 0.0879 e. The summed E-state index contributed by atoms with van der Waals surface area (Å²) in [4.78, 5) is 2.04. The molecule has 0 aromatic heterocycles. The molecule has 0 fully saturated rings. The van der Waals surface area contributed by atoms with E-state index in [2.05, 4.69) is 29.2 Å². The lowest BCUT2D eigenvalue weighted by molar-refractivity contribution is 0.137. The Hall–Kier alpha value is 0.390. The molecule has 3 heteroatoms. The summed E-state index contributed by atoms with van der Waals surface area (Å²) >= 11 is 2.21. The van der Waals surface area contributed by atoms with Crippen molar-refractivity contribution in [1.82, 2.24) is 4.90 Å². The van der Waals surface area contributed by atoms with Crippen LogP contribution in [0.4, 0.5) is 0 Å². The zero-order chi connectivity index (χ0) is 8.15. The summed E-state index contributed by atoms with van der Waals surface area (Å²) in [5.41, 5.74) is 0. The summed E-state index contributed by atoms with van der Waals surface area (Å²) in [6.45, 7) is 6.22. The van der Waals surface area contributed by atoms with Crippen LogP contribution in [0.5, 0.6) is 0 Å². The maximum absolute atomic E-state index is 9.13. The van der Waals surface area contributed by atoms with E-state index in [0.29, 0.717) is 0 Å². The Labute approximate surface area is 76.1 Å². The average Bonchev–Trinajstić information content (AvgIpc) is 1.87. The van der Waals surface area contributed by atoms with E-state index in [0.717, 1.165) is 6.54 Å². The van der Waals surface area contributed by atoms with Crippen molar-refractivity contribution in [1.29, 1.82) is 0 Å². The zero-order valence-electron chi connectivity index (χ0n) is 6.42. The third-order valence-corrected chi connectivity index (χ3v) is 3.23. The molecule has 0 aliphatic heterocycles. The van der Waals surface area contributed by atoms with Crippen molar-refractivity contribution in [3.8, 4) is 0 Å². The number of hydrogen-bond acceptors (Lipinski definition) is 2. The monoisotopic (exact) mass is 255 g/mol. The maximum atomic E-state index is 9.13. The quantitative estimate of drug-likeness (QED) is 0.353. The van der Waals surface area contributed by atoms with Crippen molar-refractivity contribution in [2.24, 2.45) is 0 Å². The molecule has 2 nitrogen and oxygen atoms in total. The van der Waals surface area contributed by atoms with Crippen LogP contribution in [0, 0.1) is 0 Å². The standard InChI is InChI=1S/C7H14INO/c1-4-5-9(3)7(8)6(2)10/h4,6-7,10H,1,5H2,2-3H3/t6-,7?/m1/s1. The van der Waals surface area contributed by atoms with Gasteiger partial charge in [0.25, 0.3) is 0 Å². The van der Waals surface area contributed by atoms with Crippen LogP contribution >= 0.6 is 22.6 Å².